The van der Waals surface area contributed by atoms with Crippen LogP contribution in [0.2, 0.25) is 0 Å². The Balaban J connectivity index is 3.02. The van der Waals surface area contributed by atoms with E-state index in [9.17, 15) is 0 Å². The number of hydrogen-bond acceptors (Lipinski definition) is 1. The van der Waals surface area contributed by atoms with Crippen LogP contribution < -0.4 is 0 Å². The maximum absolute atomic E-state index is 4.84. The number of hydrogen-bond donors (Lipinski definition) is 1. The predicted molar refractivity (Wildman–Crippen MR) is 31.8 cm³/mol. The summed E-state index contributed by atoms with van der Waals surface area (Å²) in [5.41, 5.74) is 0. The summed E-state index contributed by atoms with van der Waals surface area (Å²) in [6, 6.07) is 0. The van der Waals surface area contributed by atoms with E-state index in [0.717, 1.165) is 5.75 Å². The molecule has 0 saturated carbocycles. The molecule has 0 rings (SSSR count). The fraction of sp³-hybridized carbons (Fsp3) is 0.200. The van der Waals surface area contributed by atoms with Gasteiger partial charge in [0.25, 0.3) is 0 Å². The fourth-order valence-corrected chi connectivity index (χ4v) is 0.226. The van der Waals surface area contributed by atoms with E-state index in [1.54, 1.807) is 6.08 Å². The van der Waals surface area contributed by atoms with Crippen molar-refractivity contribution in [3.05, 3.63) is 12.2 Å². The van der Waals surface area contributed by atoms with E-state index in [0.29, 0.717) is 0 Å². The molecule has 0 aliphatic heterocycles. The zero-order valence-corrected chi connectivity index (χ0v) is 4.28. The van der Waals surface area contributed by atoms with Crippen molar-refractivity contribution < 1.29 is 0 Å². The number of thiol groups is 1. The van der Waals surface area contributed by atoms with E-state index in [1.165, 1.54) is 0 Å². The third kappa shape index (κ3) is 3.65. The minimum atomic E-state index is 0.726. The van der Waals surface area contributed by atoms with Crippen molar-refractivity contribution in [2.45, 2.75) is 0 Å². The molecule has 0 N–H and O–H groups in total. The van der Waals surface area contributed by atoms with Gasteiger partial charge in [-0.15, -0.1) is 6.42 Å². The Morgan fingerprint density at radius 2 is 2.50 bits per heavy atom. The van der Waals surface area contributed by atoms with Crippen LogP contribution in [0.25, 0.3) is 0 Å². The molecule has 0 nitrogen and oxygen atoms in total. The Kier molecular flexibility index (Phi) is 4.38. The zero-order chi connectivity index (χ0) is 4.83. The van der Waals surface area contributed by atoms with Crippen molar-refractivity contribution in [3.8, 4) is 12.3 Å². The van der Waals surface area contributed by atoms with E-state index in [1.807, 2.05) is 6.08 Å². The van der Waals surface area contributed by atoms with Crippen LogP contribution in [-0.2, 0) is 0 Å². The maximum Gasteiger partial charge on any atom is 0.00919 e. The van der Waals surface area contributed by atoms with Gasteiger partial charge in [-0.3, -0.25) is 0 Å². The third-order valence-electron chi connectivity index (χ3n) is 0.319. The summed E-state index contributed by atoms with van der Waals surface area (Å²) in [7, 11) is 0. The Hall–Kier alpha value is -0.350. The van der Waals surface area contributed by atoms with Gasteiger partial charge in [0.15, 0.2) is 0 Å². The first kappa shape index (κ1) is 5.65. The highest BCUT2D eigenvalue weighted by Gasteiger charge is 1.55. The molecule has 0 aromatic rings. The molecular weight excluding hydrogens is 92.1 g/mol. The fourth-order valence-electron chi connectivity index (χ4n) is 0.121. The van der Waals surface area contributed by atoms with Crippen molar-refractivity contribution in [1.29, 1.82) is 0 Å². The van der Waals surface area contributed by atoms with Gasteiger partial charge in [0.1, 0.15) is 0 Å². The second-order valence-corrected chi connectivity index (χ2v) is 1.12. The van der Waals surface area contributed by atoms with Gasteiger partial charge >= 0.3 is 0 Å². The molecule has 0 atom stereocenters. The average Bonchev–Trinajstić information content (AvgIpc) is 1.61. The van der Waals surface area contributed by atoms with Gasteiger partial charge in [-0.05, 0) is 6.08 Å². The van der Waals surface area contributed by atoms with Crippen molar-refractivity contribution in [3.63, 3.8) is 0 Å². The Morgan fingerprint density at radius 1 is 1.83 bits per heavy atom. The van der Waals surface area contributed by atoms with E-state index in [2.05, 4.69) is 18.5 Å². The molecule has 0 aliphatic carbocycles. The molecule has 0 aromatic heterocycles. The molecule has 1 heteroatoms. The number of allylic oxidation sites excluding steroid dienone is 1. The largest absolute Gasteiger partial charge is 0.175 e. The van der Waals surface area contributed by atoms with E-state index >= 15 is 0 Å². The number of terminal acetylenes is 1. The molecule has 0 aliphatic rings. The van der Waals surface area contributed by atoms with E-state index in [-0.39, 0.29) is 0 Å². The van der Waals surface area contributed by atoms with Crippen LogP contribution >= 0.6 is 12.6 Å². The van der Waals surface area contributed by atoms with Crippen LogP contribution in [0, 0.1) is 12.3 Å². The summed E-state index contributed by atoms with van der Waals surface area (Å²) < 4.78 is 0. The van der Waals surface area contributed by atoms with E-state index in [4.69, 9.17) is 6.42 Å². The van der Waals surface area contributed by atoms with E-state index < -0.39 is 0 Å². The van der Waals surface area contributed by atoms with Gasteiger partial charge in [0.2, 0.25) is 0 Å². The minimum absolute atomic E-state index is 0.726. The van der Waals surface area contributed by atoms with Crippen LogP contribution in [0.3, 0.4) is 0 Å². The second-order valence-electron chi connectivity index (χ2n) is 0.752. The van der Waals surface area contributed by atoms with Crippen LogP contribution in [0.15, 0.2) is 12.2 Å². The molecule has 0 fully saturated rings. The quantitative estimate of drug-likeness (QED) is 0.368. The molecule has 0 spiro atoms. The molecular formula is C5H6S. The molecule has 0 saturated heterocycles. The molecule has 6 heavy (non-hydrogen) atoms. The molecule has 0 unspecified atom stereocenters. The first-order chi connectivity index (χ1) is 2.91. The zero-order valence-electron chi connectivity index (χ0n) is 3.39. The predicted octanol–water partition coefficient (Wildman–Crippen LogP) is 1.11. The first-order valence-corrected chi connectivity index (χ1v) is 2.27. The van der Waals surface area contributed by atoms with Crippen LogP contribution in [-0.4, -0.2) is 5.75 Å². The van der Waals surface area contributed by atoms with Crippen molar-refractivity contribution >= 4 is 12.6 Å². The van der Waals surface area contributed by atoms with Gasteiger partial charge in [0, 0.05) is 5.75 Å². The van der Waals surface area contributed by atoms with Crippen molar-refractivity contribution in [2.24, 2.45) is 0 Å². The normalized spacial score (nSPS) is 8.67. The minimum Gasteiger partial charge on any atom is -0.175 e. The SMILES string of the molecule is C#CC=CCS. The third-order valence-corrected chi connectivity index (χ3v) is 0.530. The highest BCUT2D eigenvalue weighted by molar-refractivity contribution is 7.80. The topological polar surface area (TPSA) is 0 Å². The molecule has 32 valence electrons. The van der Waals surface area contributed by atoms with Crippen LogP contribution in [0.4, 0.5) is 0 Å². The van der Waals surface area contributed by atoms with Gasteiger partial charge in [-0.1, -0.05) is 12.0 Å². The molecule has 0 heterocycles. The Labute approximate surface area is 43.7 Å². The van der Waals surface area contributed by atoms with Gasteiger partial charge in [0.05, 0.1) is 0 Å². The lowest BCUT2D eigenvalue weighted by molar-refractivity contribution is 1.80. The molecule has 0 radical (unpaired) electrons. The second kappa shape index (κ2) is 4.65. The summed E-state index contributed by atoms with van der Waals surface area (Å²) in [4.78, 5) is 0. The van der Waals surface area contributed by atoms with Crippen LogP contribution in [0.5, 0.6) is 0 Å². The molecule has 0 bridgehead atoms. The summed E-state index contributed by atoms with van der Waals surface area (Å²) in [5.74, 6) is 3.07. The lowest BCUT2D eigenvalue weighted by Gasteiger charge is -1.65. The Morgan fingerprint density at radius 3 is 2.67 bits per heavy atom. The maximum atomic E-state index is 4.84. The summed E-state index contributed by atoms with van der Waals surface area (Å²) in [6.07, 6.45) is 8.28. The summed E-state index contributed by atoms with van der Waals surface area (Å²) >= 11 is 3.87. The molecule has 0 amide bonds. The summed E-state index contributed by atoms with van der Waals surface area (Å²) in [6.45, 7) is 0. The number of rotatable bonds is 1. The van der Waals surface area contributed by atoms with Gasteiger partial charge in [-0.25, -0.2) is 0 Å². The first-order valence-electron chi connectivity index (χ1n) is 1.64. The lowest BCUT2D eigenvalue weighted by Crippen LogP contribution is -1.53. The van der Waals surface area contributed by atoms with Crippen LogP contribution in [0.1, 0.15) is 0 Å². The van der Waals surface area contributed by atoms with Crippen molar-refractivity contribution in [1.82, 2.24) is 0 Å². The highest BCUT2D eigenvalue weighted by Crippen LogP contribution is 1.72. The van der Waals surface area contributed by atoms with Crippen molar-refractivity contribution in [2.75, 3.05) is 5.75 Å². The van der Waals surface area contributed by atoms with Gasteiger partial charge < -0.3 is 0 Å². The van der Waals surface area contributed by atoms with Gasteiger partial charge in [-0.2, -0.15) is 12.6 Å². The smallest absolute Gasteiger partial charge is 0.00919 e. The highest BCUT2D eigenvalue weighted by atomic mass is 32.1. The Bertz CT molecular complexity index is 76.4. The molecule has 0 aromatic carbocycles. The lowest BCUT2D eigenvalue weighted by atomic mass is 10.5. The monoisotopic (exact) mass is 98.0 g/mol. The summed E-state index contributed by atoms with van der Waals surface area (Å²) in [5, 5.41) is 0. The standard InChI is InChI=1S/C5H6S/c1-2-3-4-5-6/h1,3-4,6H,5H2. The average molecular weight is 98.2 g/mol.